The predicted octanol–water partition coefficient (Wildman–Crippen LogP) is 3.53. The summed E-state index contributed by atoms with van der Waals surface area (Å²) in [5.74, 6) is -2.23. The van der Waals surface area contributed by atoms with Crippen LogP contribution in [0.1, 0.15) is 18.5 Å². The van der Waals surface area contributed by atoms with Gasteiger partial charge in [-0.1, -0.05) is 30.0 Å². The molecule has 6 nitrogen and oxygen atoms in total. The van der Waals surface area contributed by atoms with Crippen LogP contribution in [-0.2, 0) is 9.53 Å². The van der Waals surface area contributed by atoms with E-state index >= 15 is 0 Å². The standard InChI is InChI=1S/C16H14F4N4O2S/c1-3-26-13(25)10-11(8-6-4-5-7-9(8)17)24-14(22-15(23-24)27-2)21-12(10)16(18,19)20/h4-7,11H,3H2,1-2H3,(H,21,22,23). The van der Waals surface area contributed by atoms with Crippen LogP contribution in [0.4, 0.5) is 23.5 Å². The van der Waals surface area contributed by atoms with Crippen molar-refractivity contribution in [3.63, 3.8) is 0 Å². The fourth-order valence-electron chi connectivity index (χ4n) is 2.72. The number of alkyl halides is 3. The highest BCUT2D eigenvalue weighted by atomic mass is 32.2. The number of fused-ring (bicyclic) bond motifs is 1. The fourth-order valence-corrected chi connectivity index (χ4v) is 3.07. The highest BCUT2D eigenvalue weighted by Gasteiger charge is 2.47. The molecule has 11 heteroatoms. The first-order valence-electron chi connectivity index (χ1n) is 7.78. The number of aromatic nitrogens is 3. The molecular formula is C16H14F4N4O2S. The molecule has 3 rings (SSSR count). The summed E-state index contributed by atoms with van der Waals surface area (Å²) in [5.41, 5.74) is -2.27. The summed E-state index contributed by atoms with van der Waals surface area (Å²) in [6, 6.07) is 3.77. The molecule has 2 heterocycles. The minimum atomic E-state index is -4.91. The zero-order valence-corrected chi connectivity index (χ0v) is 15.0. The van der Waals surface area contributed by atoms with Crippen LogP contribution >= 0.6 is 11.8 Å². The van der Waals surface area contributed by atoms with Crippen LogP contribution in [-0.4, -0.2) is 39.8 Å². The third-order valence-electron chi connectivity index (χ3n) is 3.80. The van der Waals surface area contributed by atoms with Gasteiger partial charge in [0.15, 0.2) is 0 Å². The summed E-state index contributed by atoms with van der Waals surface area (Å²) >= 11 is 1.10. The minimum Gasteiger partial charge on any atom is -0.463 e. The Hall–Kier alpha value is -2.56. The van der Waals surface area contributed by atoms with Crippen molar-refractivity contribution >= 4 is 23.7 Å². The van der Waals surface area contributed by atoms with E-state index in [0.29, 0.717) is 0 Å². The molecule has 1 aromatic carbocycles. The first-order valence-corrected chi connectivity index (χ1v) is 9.00. The third kappa shape index (κ3) is 3.51. The van der Waals surface area contributed by atoms with Gasteiger partial charge in [-0.05, 0) is 19.2 Å². The van der Waals surface area contributed by atoms with Crippen molar-refractivity contribution in [1.82, 2.24) is 14.8 Å². The Morgan fingerprint density at radius 2 is 2.07 bits per heavy atom. The van der Waals surface area contributed by atoms with Crippen molar-refractivity contribution in [2.75, 3.05) is 18.2 Å². The second-order valence-electron chi connectivity index (χ2n) is 5.42. The maximum atomic E-state index is 14.5. The van der Waals surface area contributed by atoms with E-state index in [0.717, 1.165) is 22.5 Å². The number of nitrogens with zero attached hydrogens (tertiary/aromatic N) is 3. The quantitative estimate of drug-likeness (QED) is 0.479. The SMILES string of the molecule is CCOC(=O)C1=C(C(F)(F)F)Nc2nc(SC)nn2C1c1ccccc1F. The average molecular weight is 402 g/mol. The molecular weight excluding hydrogens is 388 g/mol. The molecule has 0 saturated carbocycles. The number of nitrogens with one attached hydrogen (secondary N) is 1. The summed E-state index contributed by atoms with van der Waals surface area (Å²) in [6.45, 7) is 1.32. The lowest BCUT2D eigenvalue weighted by Gasteiger charge is -2.30. The van der Waals surface area contributed by atoms with Gasteiger partial charge in [-0.2, -0.15) is 18.2 Å². The number of esters is 1. The topological polar surface area (TPSA) is 69.0 Å². The first kappa shape index (κ1) is 19.2. The zero-order valence-electron chi connectivity index (χ0n) is 14.2. The van der Waals surface area contributed by atoms with E-state index < -0.39 is 35.3 Å². The van der Waals surface area contributed by atoms with Crippen molar-refractivity contribution in [3.05, 3.63) is 46.9 Å². The molecule has 1 aromatic heterocycles. The van der Waals surface area contributed by atoms with Crippen LogP contribution in [0, 0.1) is 5.82 Å². The Labute approximate surface area is 155 Å². The highest BCUT2D eigenvalue weighted by Crippen LogP contribution is 2.42. The number of ether oxygens (including phenoxy) is 1. The molecule has 0 fully saturated rings. The van der Waals surface area contributed by atoms with Crippen molar-refractivity contribution in [2.45, 2.75) is 24.3 Å². The number of benzene rings is 1. The number of allylic oxidation sites excluding steroid dienone is 1. The van der Waals surface area contributed by atoms with Gasteiger partial charge in [0.25, 0.3) is 0 Å². The molecule has 0 bridgehead atoms. The van der Waals surface area contributed by atoms with E-state index in [2.05, 4.69) is 15.4 Å². The van der Waals surface area contributed by atoms with Crippen LogP contribution < -0.4 is 5.32 Å². The van der Waals surface area contributed by atoms with E-state index in [1.54, 1.807) is 6.26 Å². The lowest BCUT2D eigenvalue weighted by molar-refractivity contribution is -0.140. The lowest BCUT2D eigenvalue weighted by Crippen LogP contribution is -2.36. The number of carbonyl (C=O) groups is 1. The molecule has 0 radical (unpaired) electrons. The summed E-state index contributed by atoms with van der Waals surface area (Å²) in [5, 5.41) is 6.39. The number of thioether (sulfide) groups is 1. The number of hydrogen-bond donors (Lipinski definition) is 1. The maximum absolute atomic E-state index is 14.5. The highest BCUT2D eigenvalue weighted by molar-refractivity contribution is 7.98. The zero-order chi connectivity index (χ0) is 19.8. The molecule has 144 valence electrons. The molecule has 1 N–H and O–H groups in total. The van der Waals surface area contributed by atoms with E-state index in [1.165, 1.54) is 25.1 Å². The minimum absolute atomic E-state index is 0.141. The molecule has 1 atom stereocenters. The van der Waals surface area contributed by atoms with Crippen molar-refractivity contribution < 1.29 is 27.1 Å². The summed E-state index contributed by atoms with van der Waals surface area (Å²) in [6.07, 6.45) is -3.27. The molecule has 1 unspecified atom stereocenters. The van der Waals surface area contributed by atoms with Crippen LogP contribution in [0.5, 0.6) is 0 Å². The predicted molar refractivity (Wildman–Crippen MR) is 89.7 cm³/mol. The van der Waals surface area contributed by atoms with Gasteiger partial charge in [0.1, 0.15) is 17.6 Å². The van der Waals surface area contributed by atoms with Crippen LogP contribution in [0.15, 0.2) is 40.7 Å². The molecule has 0 spiro atoms. The van der Waals surface area contributed by atoms with E-state index in [4.69, 9.17) is 4.74 Å². The monoisotopic (exact) mass is 402 g/mol. The first-order chi connectivity index (χ1) is 12.8. The lowest BCUT2D eigenvalue weighted by atomic mass is 9.94. The normalized spacial score (nSPS) is 16.7. The van der Waals surface area contributed by atoms with E-state index in [9.17, 15) is 22.4 Å². The van der Waals surface area contributed by atoms with Crippen molar-refractivity contribution in [3.8, 4) is 0 Å². The summed E-state index contributed by atoms with van der Waals surface area (Å²) < 4.78 is 61.4. The summed E-state index contributed by atoms with van der Waals surface area (Å²) in [7, 11) is 0. The largest absolute Gasteiger partial charge is 0.463 e. The molecule has 0 saturated heterocycles. The molecule has 0 aliphatic carbocycles. The maximum Gasteiger partial charge on any atom is 0.431 e. The van der Waals surface area contributed by atoms with E-state index in [-0.39, 0.29) is 23.3 Å². The van der Waals surface area contributed by atoms with Gasteiger partial charge in [-0.25, -0.2) is 13.9 Å². The van der Waals surface area contributed by atoms with Crippen LogP contribution in [0.25, 0.3) is 0 Å². The van der Waals surface area contributed by atoms with Crippen LogP contribution in [0.3, 0.4) is 0 Å². The third-order valence-corrected chi connectivity index (χ3v) is 4.34. The van der Waals surface area contributed by atoms with Crippen LogP contribution in [0.2, 0.25) is 0 Å². The Kier molecular flexibility index (Phi) is 5.13. The molecule has 2 aromatic rings. The van der Waals surface area contributed by atoms with Gasteiger partial charge in [0.2, 0.25) is 11.1 Å². The summed E-state index contributed by atoms with van der Waals surface area (Å²) in [4.78, 5) is 16.4. The van der Waals surface area contributed by atoms with Gasteiger partial charge >= 0.3 is 12.1 Å². The second-order valence-corrected chi connectivity index (χ2v) is 6.20. The molecule has 1 aliphatic heterocycles. The fraction of sp³-hybridized carbons (Fsp3) is 0.312. The Morgan fingerprint density at radius 1 is 1.37 bits per heavy atom. The molecule has 27 heavy (non-hydrogen) atoms. The van der Waals surface area contributed by atoms with Gasteiger partial charge in [-0.15, -0.1) is 5.10 Å². The number of carbonyl (C=O) groups excluding carboxylic acids is 1. The van der Waals surface area contributed by atoms with E-state index in [1.807, 2.05) is 0 Å². The number of hydrogen-bond acceptors (Lipinski definition) is 6. The molecule has 0 amide bonds. The average Bonchev–Trinajstić information content (AvgIpc) is 3.03. The smallest absolute Gasteiger partial charge is 0.431 e. The number of rotatable bonds is 4. The second kappa shape index (κ2) is 7.22. The van der Waals surface area contributed by atoms with Gasteiger partial charge in [0, 0.05) is 5.56 Å². The van der Waals surface area contributed by atoms with Gasteiger partial charge < -0.3 is 10.1 Å². The van der Waals surface area contributed by atoms with Crippen molar-refractivity contribution in [1.29, 1.82) is 0 Å². The molecule has 1 aliphatic rings. The van der Waals surface area contributed by atoms with Gasteiger partial charge in [-0.3, -0.25) is 0 Å². The number of halogens is 4. The van der Waals surface area contributed by atoms with Gasteiger partial charge in [0.05, 0.1) is 12.2 Å². The Morgan fingerprint density at radius 3 is 2.67 bits per heavy atom. The number of anilines is 1. The van der Waals surface area contributed by atoms with Crippen molar-refractivity contribution in [2.24, 2.45) is 0 Å². The Balaban J connectivity index is 2.31. The Bertz CT molecular complexity index is 910.